The van der Waals surface area contributed by atoms with E-state index in [1.54, 1.807) is 13.3 Å². The Labute approximate surface area is 139 Å². The van der Waals surface area contributed by atoms with Crippen molar-refractivity contribution in [3.63, 3.8) is 0 Å². The largest absolute Gasteiger partial charge is 0.481 e. The van der Waals surface area contributed by atoms with E-state index in [1.807, 2.05) is 19.2 Å². The molecule has 0 spiro atoms. The van der Waals surface area contributed by atoms with Gasteiger partial charge in [-0.3, -0.25) is 9.89 Å². The average Bonchev–Trinajstić information content (AvgIpc) is 2.92. The van der Waals surface area contributed by atoms with Crippen LogP contribution in [-0.2, 0) is 6.54 Å². The first-order valence-corrected chi connectivity index (χ1v) is 8.23. The number of guanidine groups is 1. The van der Waals surface area contributed by atoms with Crippen LogP contribution in [0.2, 0.25) is 0 Å². The van der Waals surface area contributed by atoms with E-state index in [0.29, 0.717) is 30.4 Å². The van der Waals surface area contributed by atoms with Crippen LogP contribution in [0.1, 0.15) is 26.3 Å². The highest BCUT2D eigenvalue weighted by atomic mass is 16.5. The van der Waals surface area contributed by atoms with E-state index < -0.39 is 0 Å². The molecule has 1 fully saturated rings. The SMILES string of the molecule is CN=C(NCc1ccnc(OC)c1)NC1CN(C(C)C)CC1C. The minimum Gasteiger partial charge on any atom is -0.481 e. The van der Waals surface area contributed by atoms with Crippen molar-refractivity contribution in [1.82, 2.24) is 20.5 Å². The van der Waals surface area contributed by atoms with Gasteiger partial charge in [0.25, 0.3) is 0 Å². The van der Waals surface area contributed by atoms with Crippen LogP contribution in [0.4, 0.5) is 0 Å². The second-order valence-corrected chi connectivity index (χ2v) is 6.41. The third-order valence-electron chi connectivity index (χ3n) is 4.38. The molecule has 1 saturated heterocycles. The van der Waals surface area contributed by atoms with E-state index >= 15 is 0 Å². The standard InChI is InChI=1S/C17H29N5O/c1-12(2)22-10-13(3)15(11-22)21-17(18-4)20-9-14-6-7-19-16(8-14)23-5/h6-8,12-13,15H,9-11H2,1-5H3,(H2,18,20,21). The first-order valence-electron chi connectivity index (χ1n) is 8.23. The maximum absolute atomic E-state index is 5.15. The Morgan fingerprint density at radius 3 is 2.87 bits per heavy atom. The van der Waals surface area contributed by atoms with E-state index in [0.717, 1.165) is 24.6 Å². The topological polar surface area (TPSA) is 61.8 Å². The Kier molecular flexibility index (Phi) is 6.21. The summed E-state index contributed by atoms with van der Waals surface area (Å²) in [6.07, 6.45) is 1.76. The van der Waals surface area contributed by atoms with Crippen LogP contribution < -0.4 is 15.4 Å². The van der Waals surface area contributed by atoms with Crippen molar-refractivity contribution >= 4 is 5.96 Å². The smallest absolute Gasteiger partial charge is 0.213 e. The molecule has 1 aromatic heterocycles. The number of nitrogens with zero attached hydrogens (tertiary/aromatic N) is 3. The molecule has 6 nitrogen and oxygen atoms in total. The molecule has 2 heterocycles. The molecule has 1 aliphatic heterocycles. The third kappa shape index (κ3) is 4.82. The molecular weight excluding hydrogens is 290 g/mol. The molecule has 2 rings (SSSR count). The molecule has 0 amide bonds. The van der Waals surface area contributed by atoms with Gasteiger partial charge >= 0.3 is 0 Å². The van der Waals surface area contributed by atoms with Crippen molar-refractivity contribution in [1.29, 1.82) is 0 Å². The van der Waals surface area contributed by atoms with Crippen molar-refractivity contribution < 1.29 is 4.74 Å². The summed E-state index contributed by atoms with van der Waals surface area (Å²) in [7, 11) is 3.43. The van der Waals surface area contributed by atoms with E-state index in [1.165, 1.54) is 0 Å². The lowest BCUT2D eigenvalue weighted by Crippen LogP contribution is -2.46. The fourth-order valence-corrected chi connectivity index (χ4v) is 2.84. The first kappa shape index (κ1) is 17.5. The Bertz CT molecular complexity index is 531. The number of hydrogen-bond donors (Lipinski definition) is 2. The van der Waals surface area contributed by atoms with Crippen molar-refractivity contribution in [2.45, 2.75) is 39.4 Å². The number of nitrogens with one attached hydrogen (secondary N) is 2. The number of methoxy groups -OCH3 is 1. The summed E-state index contributed by atoms with van der Waals surface area (Å²) >= 11 is 0. The van der Waals surface area contributed by atoms with Gasteiger partial charge in [-0.15, -0.1) is 0 Å². The van der Waals surface area contributed by atoms with Crippen LogP contribution in [0.5, 0.6) is 5.88 Å². The van der Waals surface area contributed by atoms with Gasteiger partial charge in [0.15, 0.2) is 5.96 Å². The number of rotatable bonds is 5. The highest BCUT2D eigenvalue weighted by Crippen LogP contribution is 2.18. The van der Waals surface area contributed by atoms with E-state index in [-0.39, 0.29) is 0 Å². The van der Waals surface area contributed by atoms with Crippen LogP contribution in [0.15, 0.2) is 23.3 Å². The number of aromatic nitrogens is 1. The van der Waals surface area contributed by atoms with Crippen LogP contribution in [0.3, 0.4) is 0 Å². The van der Waals surface area contributed by atoms with E-state index in [9.17, 15) is 0 Å². The van der Waals surface area contributed by atoms with E-state index in [4.69, 9.17) is 4.74 Å². The number of likely N-dealkylation sites (tertiary alicyclic amines) is 1. The highest BCUT2D eigenvalue weighted by Gasteiger charge is 2.31. The van der Waals surface area contributed by atoms with Crippen LogP contribution in [0.25, 0.3) is 0 Å². The summed E-state index contributed by atoms with van der Waals surface area (Å²) in [5, 5.41) is 6.92. The van der Waals surface area contributed by atoms with Gasteiger partial charge in [0.1, 0.15) is 0 Å². The lowest BCUT2D eigenvalue weighted by molar-refractivity contribution is 0.265. The molecule has 0 radical (unpaired) electrons. The zero-order valence-corrected chi connectivity index (χ0v) is 14.8. The fraction of sp³-hybridized carbons (Fsp3) is 0.647. The molecule has 2 N–H and O–H groups in total. The lowest BCUT2D eigenvalue weighted by atomic mass is 10.1. The van der Waals surface area contributed by atoms with Gasteiger partial charge in [-0.2, -0.15) is 0 Å². The maximum Gasteiger partial charge on any atom is 0.213 e. The zero-order chi connectivity index (χ0) is 16.8. The molecule has 6 heteroatoms. The number of hydrogen-bond acceptors (Lipinski definition) is 4. The maximum atomic E-state index is 5.15. The number of aliphatic imine (C=N–C) groups is 1. The lowest BCUT2D eigenvalue weighted by Gasteiger charge is -2.22. The van der Waals surface area contributed by atoms with Crippen molar-refractivity contribution in [2.75, 3.05) is 27.2 Å². The fourth-order valence-electron chi connectivity index (χ4n) is 2.84. The summed E-state index contributed by atoms with van der Waals surface area (Å²) in [6.45, 7) is 9.67. The molecule has 0 aromatic carbocycles. The second-order valence-electron chi connectivity index (χ2n) is 6.41. The van der Waals surface area contributed by atoms with Crippen molar-refractivity contribution in [3.8, 4) is 5.88 Å². The molecule has 1 aliphatic rings. The normalized spacial score (nSPS) is 22.4. The summed E-state index contributed by atoms with van der Waals surface area (Å²) in [5.74, 6) is 2.07. The van der Waals surface area contributed by atoms with Gasteiger partial charge in [-0.05, 0) is 31.4 Å². The Hall–Kier alpha value is -1.82. The van der Waals surface area contributed by atoms with Crippen molar-refractivity contribution in [3.05, 3.63) is 23.9 Å². The van der Waals surface area contributed by atoms with E-state index in [2.05, 4.69) is 46.3 Å². The summed E-state index contributed by atoms with van der Waals surface area (Å²) in [4.78, 5) is 11.0. The molecule has 2 atom stereocenters. The molecule has 0 saturated carbocycles. The number of pyridine rings is 1. The minimum atomic E-state index is 0.426. The highest BCUT2D eigenvalue weighted by molar-refractivity contribution is 5.80. The molecule has 23 heavy (non-hydrogen) atoms. The van der Waals surface area contributed by atoms with Gasteiger partial charge in [0, 0.05) is 51.0 Å². The Balaban J connectivity index is 1.88. The van der Waals surface area contributed by atoms with Gasteiger partial charge in [-0.25, -0.2) is 4.98 Å². The van der Waals surface area contributed by atoms with Gasteiger partial charge in [0.05, 0.1) is 7.11 Å². The van der Waals surface area contributed by atoms with Crippen molar-refractivity contribution in [2.24, 2.45) is 10.9 Å². The quantitative estimate of drug-likeness (QED) is 0.636. The molecular formula is C17H29N5O. The molecule has 2 unspecified atom stereocenters. The minimum absolute atomic E-state index is 0.426. The zero-order valence-electron chi connectivity index (χ0n) is 14.8. The summed E-state index contributed by atoms with van der Waals surface area (Å²) in [5.41, 5.74) is 1.11. The van der Waals surface area contributed by atoms with Crippen LogP contribution in [-0.4, -0.2) is 55.2 Å². The molecule has 0 aliphatic carbocycles. The Morgan fingerprint density at radius 1 is 1.48 bits per heavy atom. The van der Waals surface area contributed by atoms with Gasteiger partial charge in [-0.1, -0.05) is 6.92 Å². The van der Waals surface area contributed by atoms with Crippen LogP contribution >= 0.6 is 0 Å². The molecule has 0 bridgehead atoms. The molecule has 1 aromatic rings. The molecule has 128 valence electrons. The summed E-state index contributed by atoms with van der Waals surface area (Å²) < 4.78 is 5.15. The first-order chi connectivity index (χ1) is 11.0. The second kappa shape index (κ2) is 8.15. The third-order valence-corrected chi connectivity index (χ3v) is 4.38. The Morgan fingerprint density at radius 2 is 2.26 bits per heavy atom. The average molecular weight is 319 g/mol. The monoisotopic (exact) mass is 319 g/mol. The van der Waals surface area contributed by atoms with Crippen LogP contribution in [0, 0.1) is 5.92 Å². The van der Waals surface area contributed by atoms with Gasteiger partial charge < -0.3 is 15.4 Å². The summed E-state index contributed by atoms with van der Waals surface area (Å²) in [6, 6.07) is 4.92. The predicted molar refractivity (Wildman–Crippen MR) is 93.8 cm³/mol. The number of ether oxygens (including phenoxy) is 1. The predicted octanol–water partition coefficient (Wildman–Crippen LogP) is 1.48. The van der Waals surface area contributed by atoms with Gasteiger partial charge in [0.2, 0.25) is 5.88 Å².